The van der Waals surface area contributed by atoms with Gasteiger partial charge in [-0.05, 0) is 33.4 Å². The highest BCUT2D eigenvalue weighted by Gasteiger charge is 2.57. The van der Waals surface area contributed by atoms with Crippen molar-refractivity contribution in [2.75, 3.05) is 6.61 Å². The molecule has 6 aromatic carbocycles. The largest absolute Gasteiger partial charge is 0.387 e. The molecule has 0 saturated carbocycles. The van der Waals surface area contributed by atoms with E-state index < -0.39 is 35.8 Å². The molecule has 52 heavy (non-hydrogen) atoms. The zero-order valence-electron chi connectivity index (χ0n) is 29.0. The summed E-state index contributed by atoms with van der Waals surface area (Å²) in [6.45, 7) is 0.304. The van der Waals surface area contributed by atoms with E-state index in [-0.39, 0.29) is 26.2 Å². The monoisotopic (exact) mass is 692 g/mol. The summed E-state index contributed by atoms with van der Waals surface area (Å²) in [5.41, 5.74) is 2.64. The molecule has 6 nitrogen and oxygen atoms in total. The van der Waals surface area contributed by atoms with E-state index in [1.807, 2.05) is 182 Å². The first-order chi connectivity index (χ1) is 25.6. The van der Waals surface area contributed by atoms with Crippen molar-refractivity contribution in [2.24, 2.45) is 0 Å². The summed E-state index contributed by atoms with van der Waals surface area (Å²) in [5.74, 6) is 0. The second-order valence-electron chi connectivity index (χ2n) is 13.3. The third-order valence-electron chi connectivity index (χ3n) is 9.74. The van der Waals surface area contributed by atoms with Crippen molar-refractivity contribution in [3.8, 4) is 0 Å². The van der Waals surface area contributed by atoms with Crippen molar-refractivity contribution in [1.29, 1.82) is 0 Å². The molecule has 6 aromatic rings. The summed E-state index contributed by atoms with van der Waals surface area (Å²) < 4.78 is 26.8. The van der Waals surface area contributed by atoms with E-state index in [4.69, 9.17) is 18.9 Å². The summed E-state index contributed by atoms with van der Waals surface area (Å²) in [4.78, 5) is 0. The second-order valence-corrected chi connectivity index (χ2v) is 13.3. The summed E-state index contributed by atoms with van der Waals surface area (Å²) in [7, 11) is 0. The van der Waals surface area contributed by atoms with Crippen LogP contribution in [0.1, 0.15) is 33.4 Å². The topological polar surface area (TPSA) is 77.4 Å². The highest BCUT2D eigenvalue weighted by molar-refractivity contribution is 5.47. The number of hydrogen-bond acceptors (Lipinski definition) is 6. The molecule has 6 heteroatoms. The zero-order valence-corrected chi connectivity index (χ0v) is 29.0. The van der Waals surface area contributed by atoms with Gasteiger partial charge < -0.3 is 29.2 Å². The molecule has 1 saturated heterocycles. The maximum atomic E-state index is 12.8. The Kier molecular flexibility index (Phi) is 11.3. The molecular weight excluding hydrogens is 649 g/mol. The van der Waals surface area contributed by atoms with Gasteiger partial charge in [-0.1, -0.05) is 182 Å². The van der Waals surface area contributed by atoms with E-state index in [2.05, 4.69) is 0 Å². The Morgan fingerprint density at radius 2 is 0.904 bits per heavy atom. The van der Waals surface area contributed by atoms with E-state index in [0.717, 1.165) is 33.4 Å². The van der Waals surface area contributed by atoms with Crippen LogP contribution in [-0.2, 0) is 44.2 Å². The van der Waals surface area contributed by atoms with Crippen LogP contribution in [0.3, 0.4) is 0 Å². The molecule has 7 rings (SSSR count). The van der Waals surface area contributed by atoms with Gasteiger partial charge in [0.25, 0.3) is 0 Å². The van der Waals surface area contributed by atoms with Gasteiger partial charge in [0.15, 0.2) is 6.29 Å². The van der Waals surface area contributed by atoms with Crippen molar-refractivity contribution in [3.63, 3.8) is 0 Å². The molecule has 1 unspecified atom stereocenters. The average molecular weight is 693 g/mol. The number of benzene rings is 6. The smallest absolute Gasteiger partial charge is 0.190 e. The zero-order chi connectivity index (χ0) is 35.6. The van der Waals surface area contributed by atoms with Gasteiger partial charge in [-0.3, -0.25) is 0 Å². The molecule has 0 amide bonds. The maximum absolute atomic E-state index is 12.8. The lowest BCUT2D eigenvalue weighted by Crippen LogP contribution is -2.69. The Morgan fingerprint density at radius 3 is 1.35 bits per heavy atom. The normalized spacial score (nSPS) is 21.8. The van der Waals surface area contributed by atoms with Crippen LogP contribution in [0.2, 0.25) is 0 Å². The van der Waals surface area contributed by atoms with E-state index in [0.29, 0.717) is 0 Å². The van der Waals surface area contributed by atoms with Crippen molar-refractivity contribution < 1.29 is 29.2 Å². The molecule has 1 aliphatic rings. The Hall–Kier alpha value is -4.92. The van der Waals surface area contributed by atoms with Gasteiger partial charge in [0.1, 0.15) is 29.5 Å². The third kappa shape index (κ3) is 7.78. The predicted molar refractivity (Wildman–Crippen MR) is 201 cm³/mol. The van der Waals surface area contributed by atoms with Crippen LogP contribution in [-0.4, -0.2) is 47.0 Å². The number of hydrogen-bond donors (Lipinski definition) is 2. The molecule has 0 radical (unpaired) electrons. The van der Waals surface area contributed by atoms with Crippen LogP contribution < -0.4 is 0 Å². The fourth-order valence-electron chi connectivity index (χ4n) is 7.14. The van der Waals surface area contributed by atoms with Crippen molar-refractivity contribution in [3.05, 3.63) is 215 Å². The molecule has 1 fully saturated rings. The Balaban J connectivity index is 1.27. The fourth-order valence-corrected chi connectivity index (χ4v) is 7.14. The molecule has 0 spiro atoms. The highest BCUT2D eigenvalue weighted by atomic mass is 16.7. The van der Waals surface area contributed by atoms with E-state index in [1.165, 1.54) is 0 Å². The van der Waals surface area contributed by atoms with Gasteiger partial charge in [0.2, 0.25) is 0 Å². The lowest BCUT2D eigenvalue weighted by Gasteiger charge is -2.50. The quantitative estimate of drug-likeness (QED) is 0.113. The van der Waals surface area contributed by atoms with Crippen LogP contribution in [0.4, 0.5) is 0 Å². The molecular formula is C46H44O6. The molecule has 1 aliphatic heterocycles. The predicted octanol–water partition coefficient (Wildman–Crippen LogP) is 7.86. The number of aliphatic hydroxyl groups excluding tert-OH is 1. The fraction of sp³-hybridized carbons (Fsp3) is 0.217. The van der Waals surface area contributed by atoms with Gasteiger partial charge in [0, 0.05) is 6.42 Å². The lowest BCUT2D eigenvalue weighted by molar-refractivity contribution is -0.354. The van der Waals surface area contributed by atoms with E-state index in [9.17, 15) is 10.2 Å². The number of rotatable bonds is 14. The summed E-state index contributed by atoms with van der Waals surface area (Å²) >= 11 is 0. The highest BCUT2D eigenvalue weighted by Crippen LogP contribution is 2.42. The molecule has 0 aromatic heterocycles. The molecule has 5 atom stereocenters. The van der Waals surface area contributed by atoms with Crippen LogP contribution in [0, 0.1) is 0 Å². The standard InChI is InChI=1S/C46H44O6/c47-42-41(34-51-46(38-25-13-4-14-26-38,39-27-15-5-16-28-39)40-29-17-6-18-30-40)52-44(50-33-37-23-11-3-12-24-37)45(48,31-35-19-7-1-8-20-35)43(42)49-32-36-21-9-2-10-22-36/h1-30,41-44,47-48H,31-34H2/t41-,42-,43+,44?,45-/m1/s1. The second kappa shape index (κ2) is 16.6. The lowest BCUT2D eigenvalue weighted by atomic mass is 9.79. The number of aliphatic hydroxyl groups is 2. The minimum absolute atomic E-state index is 0.0440. The third-order valence-corrected chi connectivity index (χ3v) is 9.74. The van der Waals surface area contributed by atoms with Crippen LogP contribution in [0.25, 0.3) is 0 Å². The first kappa shape index (κ1) is 35.5. The molecule has 1 heterocycles. The minimum Gasteiger partial charge on any atom is -0.387 e. The van der Waals surface area contributed by atoms with Gasteiger partial charge in [-0.25, -0.2) is 0 Å². The van der Waals surface area contributed by atoms with Crippen molar-refractivity contribution >= 4 is 0 Å². The van der Waals surface area contributed by atoms with Crippen molar-refractivity contribution in [1.82, 2.24) is 0 Å². The van der Waals surface area contributed by atoms with Gasteiger partial charge >= 0.3 is 0 Å². The average Bonchev–Trinajstić information content (AvgIpc) is 3.21. The summed E-state index contributed by atoms with van der Waals surface area (Å²) in [6.07, 6.45) is -4.37. The minimum atomic E-state index is -1.77. The van der Waals surface area contributed by atoms with Gasteiger partial charge in [-0.2, -0.15) is 0 Å². The summed E-state index contributed by atoms with van der Waals surface area (Å²) in [5, 5.41) is 25.1. The number of ether oxygens (including phenoxy) is 4. The van der Waals surface area contributed by atoms with E-state index in [1.54, 1.807) is 0 Å². The first-order valence-electron chi connectivity index (χ1n) is 17.8. The van der Waals surface area contributed by atoms with Crippen LogP contribution in [0.15, 0.2) is 182 Å². The van der Waals surface area contributed by atoms with Crippen molar-refractivity contribution in [2.45, 2.75) is 55.4 Å². The van der Waals surface area contributed by atoms with Gasteiger partial charge in [-0.15, -0.1) is 0 Å². The van der Waals surface area contributed by atoms with Gasteiger partial charge in [0.05, 0.1) is 19.8 Å². The maximum Gasteiger partial charge on any atom is 0.190 e. The SMILES string of the molecule is O[C@@H]1[C@@H](COC(c2ccccc2)(c2ccccc2)c2ccccc2)OC(OCc2ccccc2)[C@@](O)(Cc2ccccc2)[C@H]1OCc1ccccc1. The van der Waals surface area contributed by atoms with Crippen LogP contribution >= 0.6 is 0 Å². The molecule has 0 aliphatic carbocycles. The molecule has 264 valence electrons. The molecule has 0 bridgehead atoms. The Morgan fingerprint density at radius 1 is 0.519 bits per heavy atom. The Bertz CT molecular complexity index is 1830. The van der Waals surface area contributed by atoms with E-state index >= 15 is 0 Å². The first-order valence-corrected chi connectivity index (χ1v) is 17.8. The Labute approximate surface area is 305 Å². The van der Waals surface area contributed by atoms with Crippen LogP contribution in [0.5, 0.6) is 0 Å². The molecule has 2 N–H and O–H groups in total. The summed E-state index contributed by atoms with van der Waals surface area (Å²) in [6, 6.07) is 59.4.